The molecule has 6 heteroatoms. The van der Waals surface area contributed by atoms with Crippen LogP contribution in [0.3, 0.4) is 0 Å². The first-order valence-corrected chi connectivity index (χ1v) is 6.30. The van der Waals surface area contributed by atoms with Crippen LogP contribution in [-0.4, -0.2) is 15.6 Å². The number of amidine groups is 1. The van der Waals surface area contributed by atoms with E-state index in [0.29, 0.717) is 5.56 Å². The molecule has 0 bridgehead atoms. The average Bonchev–Trinajstić information content (AvgIpc) is 2.63. The summed E-state index contributed by atoms with van der Waals surface area (Å²) in [6.07, 6.45) is 3.64. The minimum atomic E-state index is 0.0213. The van der Waals surface area contributed by atoms with Crippen molar-refractivity contribution in [2.75, 3.05) is 0 Å². The van der Waals surface area contributed by atoms with E-state index in [2.05, 4.69) is 43.6 Å². The maximum absolute atomic E-state index is 7.58. The van der Waals surface area contributed by atoms with Crippen molar-refractivity contribution < 1.29 is 0 Å². The summed E-state index contributed by atoms with van der Waals surface area (Å²) in [5, 5.41) is 11.8. The molecule has 0 aliphatic heterocycles. The fraction of sp³-hybridized carbons (Fsp3) is 0. The van der Waals surface area contributed by atoms with Gasteiger partial charge in [0.1, 0.15) is 5.84 Å². The first-order chi connectivity index (χ1) is 7.59. The van der Waals surface area contributed by atoms with E-state index in [1.165, 1.54) is 0 Å². The Bertz CT molecular complexity index is 550. The highest BCUT2D eigenvalue weighted by atomic mass is 127. The van der Waals surface area contributed by atoms with E-state index < -0.39 is 0 Å². The van der Waals surface area contributed by atoms with Crippen molar-refractivity contribution in [2.24, 2.45) is 5.73 Å². The molecule has 1 aromatic carbocycles. The van der Waals surface area contributed by atoms with Crippen LogP contribution >= 0.6 is 38.5 Å². The third-order valence-corrected chi connectivity index (χ3v) is 3.28. The lowest BCUT2D eigenvalue weighted by Gasteiger charge is -2.09. The number of halogens is 2. The van der Waals surface area contributed by atoms with Gasteiger partial charge in [0.15, 0.2) is 0 Å². The molecule has 0 aliphatic carbocycles. The van der Waals surface area contributed by atoms with Crippen LogP contribution in [0.2, 0.25) is 0 Å². The second-order valence-electron chi connectivity index (χ2n) is 3.15. The highest BCUT2D eigenvalue weighted by molar-refractivity contribution is 14.1. The molecule has 0 amide bonds. The second-order valence-corrected chi connectivity index (χ2v) is 5.25. The van der Waals surface area contributed by atoms with Gasteiger partial charge in [-0.3, -0.25) is 5.41 Å². The summed E-state index contributed by atoms with van der Waals surface area (Å²) in [5.74, 6) is 0.0213. The summed E-state index contributed by atoms with van der Waals surface area (Å²) >= 11 is 5.57. The van der Waals surface area contributed by atoms with Gasteiger partial charge in [-0.1, -0.05) is 6.07 Å². The minimum Gasteiger partial charge on any atom is -0.384 e. The fourth-order valence-electron chi connectivity index (χ4n) is 1.40. The first-order valence-electron chi connectivity index (χ1n) is 4.43. The molecule has 1 heterocycles. The van der Waals surface area contributed by atoms with E-state index >= 15 is 0 Å². The van der Waals surface area contributed by atoms with Gasteiger partial charge in [0, 0.05) is 10.7 Å². The number of aromatic nitrogens is 2. The molecule has 3 N–H and O–H groups in total. The van der Waals surface area contributed by atoms with Crippen LogP contribution in [0.4, 0.5) is 0 Å². The minimum absolute atomic E-state index is 0.0213. The number of nitrogens with two attached hydrogens (primary N) is 1. The zero-order valence-corrected chi connectivity index (χ0v) is 11.9. The smallest absolute Gasteiger partial charge is 0.126 e. The van der Waals surface area contributed by atoms with Gasteiger partial charge in [0.2, 0.25) is 0 Å². The van der Waals surface area contributed by atoms with E-state index in [1.807, 2.05) is 24.4 Å². The first kappa shape index (κ1) is 11.6. The van der Waals surface area contributed by atoms with Crippen LogP contribution in [0.1, 0.15) is 5.56 Å². The van der Waals surface area contributed by atoms with Crippen LogP contribution in [0, 0.1) is 8.98 Å². The molecular weight excluding hydrogens is 383 g/mol. The van der Waals surface area contributed by atoms with Crippen molar-refractivity contribution in [2.45, 2.75) is 0 Å². The monoisotopic (exact) mass is 390 g/mol. The summed E-state index contributed by atoms with van der Waals surface area (Å²) < 4.78 is 3.54. The van der Waals surface area contributed by atoms with Gasteiger partial charge < -0.3 is 5.73 Å². The predicted octanol–water partition coefficient (Wildman–Crippen LogP) is 2.52. The zero-order valence-electron chi connectivity index (χ0n) is 8.11. The lowest BCUT2D eigenvalue weighted by atomic mass is 10.1. The molecule has 0 saturated carbocycles. The van der Waals surface area contributed by atoms with E-state index in [0.717, 1.165) is 13.7 Å². The van der Waals surface area contributed by atoms with Crippen LogP contribution in [0.25, 0.3) is 5.69 Å². The van der Waals surface area contributed by atoms with Gasteiger partial charge in [0.05, 0.1) is 21.0 Å². The van der Waals surface area contributed by atoms with Gasteiger partial charge in [-0.25, -0.2) is 4.68 Å². The molecule has 82 valence electrons. The molecule has 0 atom stereocenters. The van der Waals surface area contributed by atoms with Gasteiger partial charge in [-0.2, -0.15) is 5.10 Å². The summed E-state index contributed by atoms with van der Waals surface area (Å²) in [6, 6.07) is 5.62. The van der Waals surface area contributed by atoms with Crippen molar-refractivity contribution in [3.8, 4) is 5.69 Å². The van der Waals surface area contributed by atoms with Gasteiger partial charge in [-0.15, -0.1) is 0 Å². The van der Waals surface area contributed by atoms with Gasteiger partial charge in [-0.05, 0) is 50.7 Å². The molecule has 0 saturated heterocycles. The number of benzene rings is 1. The van der Waals surface area contributed by atoms with Crippen molar-refractivity contribution in [3.63, 3.8) is 0 Å². The van der Waals surface area contributed by atoms with Crippen LogP contribution < -0.4 is 5.73 Å². The van der Waals surface area contributed by atoms with Gasteiger partial charge >= 0.3 is 0 Å². The molecular formula is C10H8BrIN4. The number of rotatable bonds is 2. The Labute approximate surface area is 115 Å². The standard InChI is InChI=1S/C10H8BrIN4/c11-7-2-1-3-8(9(7)10(13)14)16-5-6(12)4-15-16/h1-5H,(H3,13,14). The Hall–Kier alpha value is -0.890. The van der Waals surface area contributed by atoms with Crippen molar-refractivity contribution in [1.82, 2.24) is 9.78 Å². The Morgan fingerprint density at radius 3 is 2.81 bits per heavy atom. The van der Waals surface area contributed by atoms with Crippen LogP contribution in [-0.2, 0) is 0 Å². The lowest BCUT2D eigenvalue weighted by molar-refractivity contribution is 0.877. The number of hydrogen-bond acceptors (Lipinski definition) is 2. The topological polar surface area (TPSA) is 67.7 Å². The largest absolute Gasteiger partial charge is 0.384 e. The summed E-state index contributed by atoms with van der Waals surface area (Å²) in [6.45, 7) is 0. The number of nitrogen functional groups attached to an aromatic ring is 1. The molecule has 0 fully saturated rings. The molecule has 0 aliphatic rings. The average molecular weight is 391 g/mol. The van der Waals surface area contributed by atoms with Crippen LogP contribution in [0.15, 0.2) is 35.1 Å². The van der Waals surface area contributed by atoms with Crippen molar-refractivity contribution in [1.29, 1.82) is 5.41 Å². The number of hydrogen-bond donors (Lipinski definition) is 2. The lowest BCUT2D eigenvalue weighted by Crippen LogP contribution is -2.15. The molecule has 2 rings (SSSR count). The van der Waals surface area contributed by atoms with Gasteiger partial charge in [0.25, 0.3) is 0 Å². The Balaban J connectivity index is 2.65. The van der Waals surface area contributed by atoms with E-state index in [1.54, 1.807) is 10.9 Å². The van der Waals surface area contributed by atoms with Crippen LogP contribution in [0.5, 0.6) is 0 Å². The molecule has 0 spiro atoms. The molecule has 4 nitrogen and oxygen atoms in total. The number of nitrogens with one attached hydrogen (secondary N) is 1. The Morgan fingerprint density at radius 2 is 2.25 bits per heavy atom. The predicted molar refractivity (Wildman–Crippen MR) is 75.0 cm³/mol. The summed E-state index contributed by atoms with van der Waals surface area (Å²) in [7, 11) is 0. The Kier molecular flexibility index (Phi) is 3.29. The van der Waals surface area contributed by atoms with E-state index in [-0.39, 0.29) is 5.84 Å². The third-order valence-electron chi connectivity index (χ3n) is 2.06. The molecule has 0 unspecified atom stereocenters. The summed E-state index contributed by atoms with van der Waals surface area (Å²) in [4.78, 5) is 0. The van der Waals surface area contributed by atoms with E-state index in [4.69, 9.17) is 11.1 Å². The van der Waals surface area contributed by atoms with E-state index in [9.17, 15) is 0 Å². The maximum atomic E-state index is 7.58. The summed E-state index contributed by atoms with van der Waals surface area (Å²) in [5.41, 5.74) is 7.02. The normalized spacial score (nSPS) is 10.4. The second kappa shape index (κ2) is 4.54. The Morgan fingerprint density at radius 1 is 1.50 bits per heavy atom. The third kappa shape index (κ3) is 2.12. The van der Waals surface area contributed by atoms with Crippen molar-refractivity contribution >= 4 is 44.4 Å². The number of nitrogens with zero attached hydrogens (tertiary/aromatic N) is 2. The SMILES string of the molecule is N=C(N)c1c(Br)cccc1-n1cc(I)cn1. The molecule has 2 aromatic rings. The molecule has 1 aromatic heterocycles. The quantitative estimate of drug-likeness (QED) is 0.470. The molecule has 16 heavy (non-hydrogen) atoms. The molecule has 0 radical (unpaired) electrons. The highest BCUT2D eigenvalue weighted by Crippen LogP contribution is 2.23. The van der Waals surface area contributed by atoms with Crippen molar-refractivity contribution in [3.05, 3.63) is 44.2 Å². The maximum Gasteiger partial charge on any atom is 0.126 e. The fourth-order valence-corrected chi connectivity index (χ4v) is 2.36. The zero-order chi connectivity index (χ0) is 11.7. The highest BCUT2D eigenvalue weighted by Gasteiger charge is 2.11.